The van der Waals surface area contributed by atoms with Gasteiger partial charge >= 0.3 is 4.87 Å². The Morgan fingerprint density at radius 3 is 2.70 bits per heavy atom. The fourth-order valence-electron chi connectivity index (χ4n) is 2.45. The van der Waals surface area contributed by atoms with Gasteiger partial charge in [-0.25, -0.2) is 0 Å². The van der Waals surface area contributed by atoms with Crippen molar-refractivity contribution in [2.75, 3.05) is 13.1 Å². The van der Waals surface area contributed by atoms with Crippen LogP contribution < -0.4 is 10.6 Å². The standard InChI is InChI=1S/C13H21N3O2S.ClH/c1-9-10(2)19-13(18)16(9)7-5-12(17)15-6-3-4-11(14)8-15;/h11H,3-8,14H2,1-2H3;1H. The number of halogens is 1. The zero-order valence-electron chi connectivity index (χ0n) is 11.9. The van der Waals surface area contributed by atoms with E-state index in [9.17, 15) is 9.59 Å². The van der Waals surface area contributed by atoms with E-state index in [4.69, 9.17) is 5.73 Å². The number of rotatable bonds is 3. The van der Waals surface area contributed by atoms with Crippen molar-refractivity contribution in [2.24, 2.45) is 5.73 Å². The highest BCUT2D eigenvalue weighted by molar-refractivity contribution is 7.09. The van der Waals surface area contributed by atoms with Crippen LogP contribution in [0.5, 0.6) is 0 Å². The summed E-state index contributed by atoms with van der Waals surface area (Å²) < 4.78 is 1.70. The van der Waals surface area contributed by atoms with Gasteiger partial charge in [0.15, 0.2) is 0 Å². The third-order valence-electron chi connectivity index (χ3n) is 3.73. The number of likely N-dealkylation sites (tertiary alicyclic amines) is 1. The number of piperidine rings is 1. The molecule has 1 atom stereocenters. The minimum Gasteiger partial charge on any atom is -0.341 e. The molecular formula is C13H22ClN3O2S. The Bertz CT molecular complexity index is 526. The molecule has 0 radical (unpaired) electrons. The second kappa shape index (κ2) is 7.24. The molecule has 20 heavy (non-hydrogen) atoms. The summed E-state index contributed by atoms with van der Waals surface area (Å²) in [6.07, 6.45) is 2.35. The Hall–Kier alpha value is -0.850. The number of nitrogens with zero attached hydrogens (tertiary/aromatic N) is 2. The zero-order chi connectivity index (χ0) is 14.0. The van der Waals surface area contributed by atoms with Gasteiger partial charge < -0.3 is 15.2 Å². The molecule has 0 saturated carbocycles. The van der Waals surface area contributed by atoms with Gasteiger partial charge in [-0.1, -0.05) is 11.3 Å². The van der Waals surface area contributed by atoms with Crippen LogP contribution in [-0.2, 0) is 11.3 Å². The van der Waals surface area contributed by atoms with Gasteiger partial charge in [-0.2, -0.15) is 0 Å². The minimum absolute atomic E-state index is 0. The van der Waals surface area contributed by atoms with Gasteiger partial charge in [0.2, 0.25) is 5.91 Å². The Kier molecular flexibility index (Phi) is 6.23. The first-order valence-corrected chi connectivity index (χ1v) is 7.51. The Morgan fingerprint density at radius 1 is 1.45 bits per heavy atom. The third-order valence-corrected chi connectivity index (χ3v) is 4.73. The van der Waals surface area contributed by atoms with E-state index in [0.717, 1.165) is 30.0 Å². The normalized spacial score (nSPS) is 18.8. The molecule has 7 heteroatoms. The summed E-state index contributed by atoms with van der Waals surface area (Å²) in [4.78, 5) is 26.7. The van der Waals surface area contributed by atoms with E-state index < -0.39 is 0 Å². The van der Waals surface area contributed by atoms with Crippen LogP contribution in [-0.4, -0.2) is 34.5 Å². The van der Waals surface area contributed by atoms with Crippen molar-refractivity contribution in [3.05, 3.63) is 20.2 Å². The summed E-state index contributed by atoms with van der Waals surface area (Å²) in [5.74, 6) is 0.102. The topological polar surface area (TPSA) is 68.3 Å². The van der Waals surface area contributed by atoms with Crippen molar-refractivity contribution in [3.63, 3.8) is 0 Å². The quantitative estimate of drug-likeness (QED) is 0.912. The van der Waals surface area contributed by atoms with Gasteiger partial charge in [-0.15, -0.1) is 12.4 Å². The molecule has 114 valence electrons. The monoisotopic (exact) mass is 319 g/mol. The maximum atomic E-state index is 12.1. The molecular weight excluding hydrogens is 298 g/mol. The van der Waals surface area contributed by atoms with Crippen LogP contribution in [0, 0.1) is 13.8 Å². The van der Waals surface area contributed by atoms with Crippen LogP contribution in [0.1, 0.15) is 29.8 Å². The molecule has 1 aromatic heterocycles. The summed E-state index contributed by atoms with van der Waals surface area (Å²) in [6.45, 7) is 5.77. The van der Waals surface area contributed by atoms with E-state index in [2.05, 4.69) is 0 Å². The highest BCUT2D eigenvalue weighted by atomic mass is 35.5. The van der Waals surface area contributed by atoms with E-state index >= 15 is 0 Å². The maximum Gasteiger partial charge on any atom is 0.307 e. The van der Waals surface area contributed by atoms with Gasteiger partial charge in [0, 0.05) is 42.7 Å². The van der Waals surface area contributed by atoms with Crippen LogP contribution >= 0.6 is 23.7 Å². The summed E-state index contributed by atoms with van der Waals surface area (Å²) in [6, 6.07) is 0.102. The Balaban J connectivity index is 0.00000200. The first kappa shape index (κ1) is 17.2. The maximum absolute atomic E-state index is 12.1. The fourth-order valence-corrected chi connectivity index (χ4v) is 3.31. The van der Waals surface area contributed by atoms with Gasteiger partial charge in [0.25, 0.3) is 0 Å². The molecule has 1 aliphatic heterocycles. The number of hydrogen-bond donors (Lipinski definition) is 1. The van der Waals surface area contributed by atoms with E-state index in [0.29, 0.717) is 19.5 Å². The predicted octanol–water partition coefficient (Wildman–Crippen LogP) is 1.29. The molecule has 5 nitrogen and oxygen atoms in total. The average Bonchev–Trinajstić information content (AvgIpc) is 2.61. The van der Waals surface area contributed by atoms with Crippen molar-refractivity contribution in [1.29, 1.82) is 0 Å². The Labute approximate surface area is 129 Å². The van der Waals surface area contributed by atoms with Crippen LogP contribution in [0.25, 0.3) is 0 Å². The van der Waals surface area contributed by atoms with Crippen LogP contribution in [0.4, 0.5) is 0 Å². The highest BCUT2D eigenvalue weighted by Gasteiger charge is 2.21. The molecule has 1 saturated heterocycles. The molecule has 2 rings (SSSR count). The number of carbonyl (C=O) groups is 1. The van der Waals surface area contributed by atoms with Gasteiger partial charge in [0.1, 0.15) is 0 Å². The summed E-state index contributed by atoms with van der Waals surface area (Å²) in [5, 5.41) is 0. The van der Waals surface area contributed by atoms with Gasteiger partial charge in [-0.3, -0.25) is 9.59 Å². The number of amides is 1. The summed E-state index contributed by atoms with van der Waals surface area (Å²) >= 11 is 1.25. The fraction of sp³-hybridized carbons (Fsp3) is 0.692. The lowest BCUT2D eigenvalue weighted by molar-refractivity contribution is -0.132. The zero-order valence-corrected chi connectivity index (χ0v) is 13.6. The summed E-state index contributed by atoms with van der Waals surface area (Å²) in [5.41, 5.74) is 6.84. The Morgan fingerprint density at radius 2 is 2.15 bits per heavy atom. The molecule has 2 heterocycles. The molecule has 1 fully saturated rings. The molecule has 1 aliphatic rings. The third kappa shape index (κ3) is 3.84. The largest absolute Gasteiger partial charge is 0.341 e. The number of carbonyl (C=O) groups excluding carboxylic acids is 1. The van der Waals surface area contributed by atoms with Crippen molar-refractivity contribution < 1.29 is 4.79 Å². The number of aryl methyl sites for hydroxylation is 1. The number of aromatic nitrogens is 1. The molecule has 1 unspecified atom stereocenters. The second-order valence-electron chi connectivity index (χ2n) is 5.15. The van der Waals surface area contributed by atoms with Crippen molar-refractivity contribution >= 4 is 29.7 Å². The lowest BCUT2D eigenvalue weighted by atomic mass is 10.1. The predicted molar refractivity (Wildman–Crippen MR) is 83.7 cm³/mol. The minimum atomic E-state index is 0. The highest BCUT2D eigenvalue weighted by Crippen LogP contribution is 2.12. The van der Waals surface area contributed by atoms with Gasteiger partial charge in [-0.05, 0) is 26.7 Å². The van der Waals surface area contributed by atoms with E-state index in [1.54, 1.807) is 4.57 Å². The van der Waals surface area contributed by atoms with Crippen molar-refractivity contribution in [1.82, 2.24) is 9.47 Å². The SMILES string of the molecule is Cc1sc(=O)n(CCC(=O)N2CCCC(N)C2)c1C.Cl. The molecule has 0 aromatic carbocycles. The first-order valence-electron chi connectivity index (χ1n) is 6.69. The molecule has 0 spiro atoms. The molecule has 1 amide bonds. The van der Waals surface area contributed by atoms with Crippen LogP contribution in [0.3, 0.4) is 0 Å². The second-order valence-corrected chi connectivity index (χ2v) is 6.32. The molecule has 0 aliphatic carbocycles. The lowest BCUT2D eigenvalue weighted by Gasteiger charge is -2.30. The smallest absolute Gasteiger partial charge is 0.307 e. The lowest BCUT2D eigenvalue weighted by Crippen LogP contribution is -2.46. The van der Waals surface area contributed by atoms with Gasteiger partial charge in [0.05, 0.1) is 0 Å². The molecule has 1 aromatic rings. The van der Waals surface area contributed by atoms with E-state index in [1.165, 1.54) is 11.3 Å². The van der Waals surface area contributed by atoms with E-state index in [-0.39, 0.29) is 29.2 Å². The number of nitrogens with two attached hydrogens (primary N) is 1. The van der Waals surface area contributed by atoms with Crippen molar-refractivity contribution in [2.45, 2.75) is 45.7 Å². The van der Waals surface area contributed by atoms with Crippen molar-refractivity contribution in [3.8, 4) is 0 Å². The number of thiazole rings is 1. The molecule has 2 N–H and O–H groups in total. The average molecular weight is 320 g/mol. The van der Waals surface area contributed by atoms with E-state index in [1.807, 2.05) is 18.7 Å². The first-order chi connectivity index (χ1) is 8.99. The number of hydrogen-bond acceptors (Lipinski definition) is 4. The summed E-state index contributed by atoms with van der Waals surface area (Å²) in [7, 11) is 0. The molecule has 0 bridgehead atoms. The van der Waals surface area contributed by atoms with Crippen LogP contribution in [0.15, 0.2) is 4.79 Å². The van der Waals surface area contributed by atoms with Crippen LogP contribution in [0.2, 0.25) is 0 Å².